The lowest BCUT2D eigenvalue weighted by Crippen LogP contribution is -2.27. The number of ether oxygens (including phenoxy) is 1. The molecule has 0 bridgehead atoms. The standard InChI is InChI=1S/C19H14F5N3O2/c1-26(12-6-7-14(20)15(21)9-12)18(28)17-16(29-2)10-27(25-17)13-5-3-4-11(8-13)19(22,23)24/h3-10H,1-2H3. The van der Waals surface area contributed by atoms with Gasteiger partial charge >= 0.3 is 6.18 Å². The lowest BCUT2D eigenvalue weighted by molar-refractivity contribution is -0.137. The summed E-state index contributed by atoms with van der Waals surface area (Å²) >= 11 is 0. The average Bonchev–Trinajstić information content (AvgIpc) is 3.13. The highest BCUT2D eigenvalue weighted by Gasteiger charge is 2.31. The quantitative estimate of drug-likeness (QED) is 0.596. The van der Waals surface area contributed by atoms with Crippen molar-refractivity contribution in [3.63, 3.8) is 0 Å². The number of carbonyl (C=O) groups excluding carboxylic acids is 1. The van der Waals surface area contributed by atoms with Gasteiger partial charge in [0.2, 0.25) is 0 Å². The van der Waals surface area contributed by atoms with E-state index in [4.69, 9.17) is 4.74 Å². The number of alkyl halides is 3. The van der Waals surface area contributed by atoms with E-state index in [2.05, 4.69) is 5.10 Å². The summed E-state index contributed by atoms with van der Waals surface area (Å²) in [6.07, 6.45) is -3.29. The van der Waals surface area contributed by atoms with Gasteiger partial charge in [0.05, 0.1) is 24.6 Å². The largest absolute Gasteiger partial charge is 0.493 e. The number of benzene rings is 2. The van der Waals surface area contributed by atoms with E-state index in [0.717, 1.165) is 33.8 Å². The summed E-state index contributed by atoms with van der Waals surface area (Å²) in [5.41, 5.74) is -0.967. The van der Waals surface area contributed by atoms with Crippen LogP contribution < -0.4 is 9.64 Å². The van der Waals surface area contributed by atoms with Crippen molar-refractivity contribution < 1.29 is 31.5 Å². The Morgan fingerprint density at radius 3 is 2.45 bits per heavy atom. The van der Waals surface area contributed by atoms with Gasteiger partial charge in [-0.25, -0.2) is 13.5 Å². The van der Waals surface area contributed by atoms with Crippen molar-refractivity contribution in [1.29, 1.82) is 0 Å². The lowest BCUT2D eigenvalue weighted by atomic mass is 10.2. The normalized spacial score (nSPS) is 11.4. The maximum absolute atomic E-state index is 13.5. The zero-order valence-corrected chi connectivity index (χ0v) is 15.2. The Labute approximate surface area is 161 Å². The Bertz CT molecular complexity index is 1060. The van der Waals surface area contributed by atoms with Crippen molar-refractivity contribution in [1.82, 2.24) is 9.78 Å². The fraction of sp³-hybridized carbons (Fsp3) is 0.158. The fourth-order valence-corrected chi connectivity index (χ4v) is 2.58. The second kappa shape index (κ2) is 7.53. The van der Waals surface area contributed by atoms with Gasteiger partial charge in [0.25, 0.3) is 5.91 Å². The van der Waals surface area contributed by atoms with Crippen LogP contribution in [-0.4, -0.2) is 29.8 Å². The molecule has 2 aromatic carbocycles. The topological polar surface area (TPSA) is 47.4 Å². The fourth-order valence-electron chi connectivity index (χ4n) is 2.58. The van der Waals surface area contributed by atoms with Crippen molar-refractivity contribution >= 4 is 11.6 Å². The van der Waals surface area contributed by atoms with Gasteiger partial charge in [-0.3, -0.25) is 4.79 Å². The molecule has 0 aliphatic rings. The van der Waals surface area contributed by atoms with Gasteiger partial charge < -0.3 is 9.64 Å². The summed E-state index contributed by atoms with van der Waals surface area (Å²) in [6.45, 7) is 0. The van der Waals surface area contributed by atoms with Crippen LogP contribution in [0.4, 0.5) is 27.6 Å². The number of anilines is 1. The van der Waals surface area contributed by atoms with Crippen molar-refractivity contribution in [2.24, 2.45) is 0 Å². The molecule has 0 radical (unpaired) electrons. The molecule has 29 heavy (non-hydrogen) atoms. The van der Waals surface area contributed by atoms with Gasteiger partial charge in [-0.15, -0.1) is 0 Å². The van der Waals surface area contributed by atoms with Gasteiger partial charge in [-0.1, -0.05) is 6.07 Å². The third-order valence-electron chi connectivity index (χ3n) is 4.14. The summed E-state index contributed by atoms with van der Waals surface area (Å²) in [7, 11) is 2.58. The van der Waals surface area contributed by atoms with Crippen LogP contribution in [0.5, 0.6) is 5.75 Å². The van der Waals surface area contributed by atoms with Crippen molar-refractivity contribution in [3.05, 3.63) is 71.6 Å². The smallest absolute Gasteiger partial charge is 0.416 e. The van der Waals surface area contributed by atoms with Crippen LogP contribution in [0.1, 0.15) is 16.1 Å². The second-order valence-electron chi connectivity index (χ2n) is 6.00. The molecular weight excluding hydrogens is 397 g/mol. The lowest BCUT2D eigenvalue weighted by Gasteiger charge is -2.16. The first-order chi connectivity index (χ1) is 13.6. The molecule has 0 atom stereocenters. The molecule has 5 nitrogen and oxygen atoms in total. The SMILES string of the molecule is COc1cn(-c2cccc(C(F)(F)F)c2)nc1C(=O)N(C)c1ccc(F)c(F)c1. The molecule has 0 saturated heterocycles. The van der Waals surface area contributed by atoms with Crippen molar-refractivity contribution in [2.75, 3.05) is 19.1 Å². The molecule has 0 N–H and O–H groups in total. The number of nitrogens with zero attached hydrogens (tertiary/aromatic N) is 3. The molecule has 0 spiro atoms. The third-order valence-corrected chi connectivity index (χ3v) is 4.14. The molecule has 0 unspecified atom stereocenters. The van der Waals surface area contributed by atoms with E-state index in [9.17, 15) is 26.7 Å². The Hall–Kier alpha value is -3.43. The molecule has 1 aromatic heterocycles. The van der Waals surface area contributed by atoms with E-state index >= 15 is 0 Å². The number of hydrogen-bond acceptors (Lipinski definition) is 3. The highest BCUT2D eigenvalue weighted by atomic mass is 19.4. The van der Waals surface area contributed by atoms with E-state index < -0.39 is 29.3 Å². The molecule has 1 heterocycles. The molecule has 10 heteroatoms. The molecule has 3 aromatic rings. The molecule has 0 saturated carbocycles. The van der Waals surface area contributed by atoms with Crippen LogP contribution in [0.25, 0.3) is 5.69 Å². The molecule has 3 rings (SSSR count). The van der Waals surface area contributed by atoms with Crippen LogP contribution in [0.15, 0.2) is 48.7 Å². The van der Waals surface area contributed by atoms with Crippen LogP contribution >= 0.6 is 0 Å². The zero-order chi connectivity index (χ0) is 21.3. The molecule has 1 amide bonds. The number of amides is 1. The van der Waals surface area contributed by atoms with E-state index in [1.807, 2.05) is 0 Å². The third kappa shape index (κ3) is 4.05. The van der Waals surface area contributed by atoms with Crippen LogP contribution in [0.3, 0.4) is 0 Å². The van der Waals surface area contributed by atoms with Crippen LogP contribution in [0.2, 0.25) is 0 Å². The van der Waals surface area contributed by atoms with Crippen LogP contribution in [0, 0.1) is 11.6 Å². The number of rotatable bonds is 4. The van der Waals surface area contributed by atoms with Gasteiger partial charge in [0, 0.05) is 18.8 Å². The second-order valence-corrected chi connectivity index (χ2v) is 6.00. The number of halogens is 5. The number of hydrogen-bond donors (Lipinski definition) is 0. The predicted octanol–water partition coefficient (Wildman–Crippen LogP) is 4.45. The summed E-state index contributed by atoms with van der Waals surface area (Å²) in [4.78, 5) is 13.8. The maximum Gasteiger partial charge on any atom is 0.416 e. The minimum Gasteiger partial charge on any atom is -0.493 e. The van der Waals surface area contributed by atoms with E-state index in [1.54, 1.807) is 0 Å². The number of methoxy groups -OCH3 is 1. The highest BCUT2D eigenvalue weighted by molar-refractivity contribution is 6.06. The molecule has 0 fully saturated rings. The van der Waals surface area contributed by atoms with E-state index in [-0.39, 0.29) is 22.8 Å². The maximum atomic E-state index is 13.5. The Kier molecular flexibility index (Phi) is 5.27. The van der Waals surface area contributed by atoms with Gasteiger partial charge in [-0.2, -0.15) is 18.3 Å². The molecule has 0 aliphatic heterocycles. The van der Waals surface area contributed by atoms with E-state index in [1.165, 1.54) is 38.6 Å². The summed E-state index contributed by atoms with van der Waals surface area (Å²) in [5.74, 6) is -2.93. The first kappa shape index (κ1) is 20.3. The Morgan fingerprint density at radius 1 is 1.10 bits per heavy atom. The van der Waals surface area contributed by atoms with Gasteiger partial charge in [-0.05, 0) is 30.3 Å². The summed E-state index contributed by atoms with van der Waals surface area (Å²) in [5, 5.41) is 4.03. The van der Waals surface area contributed by atoms with Crippen LogP contribution in [-0.2, 0) is 6.18 Å². The first-order valence-corrected chi connectivity index (χ1v) is 8.16. The molecular formula is C19H14F5N3O2. The van der Waals surface area contributed by atoms with Gasteiger partial charge in [0.1, 0.15) is 0 Å². The molecule has 152 valence electrons. The predicted molar refractivity (Wildman–Crippen MR) is 94.2 cm³/mol. The van der Waals surface area contributed by atoms with Gasteiger partial charge in [0.15, 0.2) is 23.1 Å². The summed E-state index contributed by atoms with van der Waals surface area (Å²) in [6, 6.07) is 7.28. The number of aromatic nitrogens is 2. The minimum atomic E-state index is -4.54. The minimum absolute atomic E-state index is 0.00171. The van der Waals surface area contributed by atoms with Crippen molar-refractivity contribution in [2.45, 2.75) is 6.18 Å². The first-order valence-electron chi connectivity index (χ1n) is 8.16. The Balaban J connectivity index is 1.98. The van der Waals surface area contributed by atoms with E-state index in [0.29, 0.717) is 0 Å². The average molecular weight is 411 g/mol. The number of carbonyl (C=O) groups is 1. The summed E-state index contributed by atoms with van der Waals surface area (Å²) < 4.78 is 71.6. The monoisotopic (exact) mass is 411 g/mol. The zero-order valence-electron chi connectivity index (χ0n) is 15.2. The highest BCUT2D eigenvalue weighted by Crippen LogP contribution is 2.31. The van der Waals surface area contributed by atoms with Crippen molar-refractivity contribution in [3.8, 4) is 11.4 Å². The molecule has 0 aliphatic carbocycles. The Morgan fingerprint density at radius 2 is 1.83 bits per heavy atom.